The van der Waals surface area contributed by atoms with E-state index in [2.05, 4.69) is 10.0 Å². The molecule has 12 heteroatoms. The fraction of sp³-hybridized carbons (Fsp3) is 0.208. The number of amides is 1. The number of halogens is 1. The number of rotatable bonds is 9. The number of sulfonamides is 1. The number of carbonyl (C=O) groups is 3. The summed E-state index contributed by atoms with van der Waals surface area (Å²) in [7, 11) is -4.03. The van der Waals surface area contributed by atoms with Crippen molar-refractivity contribution in [2.24, 2.45) is 0 Å². The molecule has 0 radical (unpaired) electrons. The average molecular weight is 535 g/mol. The van der Waals surface area contributed by atoms with Gasteiger partial charge in [0.05, 0.1) is 23.7 Å². The Bertz CT molecular complexity index is 1400. The first-order chi connectivity index (χ1) is 17.1. The van der Waals surface area contributed by atoms with E-state index in [1.54, 1.807) is 20.8 Å². The lowest BCUT2D eigenvalue weighted by Crippen LogP contribution is -2.16. The summed E-state index contributed by atoms with van der Waals surface area (Å²) >= 11 is 0.875. The number of esters is 2. The maximum Gasteiger partial charge on any atom is 0.348 e. The second-order valence-corrected chi connectivity index (χ2v) is 10.00. The summed E-state index contributed by atoms with van der Waals surface area (Å²) in [5.41, 5.74) is 0.513. The van der Waals surface area contributed by atoms with Crippen LogP contribution in [0.1, 0.15) is 49.8 Å². The van der Waals surface area contributed by atoms with Crippen LogP contribution in [0, 0.1) is 12.7 Å². The lowest BCUT2D eigenvalue weighted by atomic mass is 10.1. The smallest absolute Gasteiger partial charge is 0.348 e. The van der Waals surface area contributed by atoms with Crippen molar-refractivity contribution in [3.63, 3.8) is 0 Å². The molecular formula is C24H23FN2O7S2. The molecular weight excluding hydrogens is 511 g/mol. The van der Waals surface area contributed by atoms with Crippen LogP contribution >= 0.6 is 11.3 Å². The minimum Gasteiger partial charge on any atom is -0.462 e. The maximum atomic E-state index is 13.1. The van der Waals surface area contributed by atoms with E-state index in [-0.39, 0.29) is 44.8 Å². The van der Waals surface area contributed by atoms with Gasteiger partial charge < -0.3 is 14.8 Å². The molecule has 0 fully saturated rings. The van der Waals surface area contributed by atoms with E-state index in [1.807, 2.05) is 0 Å². The van der Waals surface area contributed by atoms with Crippen LogP contribution in [0.2, 0.25) is 0 Å². The van der Waals surface area contributed by atoms with Crippen LogP contribution < -0.4 is 10.0 Å². The van der Waals surface area contributed by atoms with Gasteiger partial charge >= 0.3 is 11.9 Å². The molecule has 0 aliphatic carbocycles. The molecule has 0 bridgehead atoms. The molecule has 0 unspecified atom stereocenters. The summed E-state index contributed by atoms with van der Waals surface area (Å²) in [6.45, 7) is 5.05. The van der Waals surface area contributed by atoms with E-state index < -0.39 is 33.7 Å². The quantitative estimate of drug-likeness (QED) is 0.384. The molecule has 36 heavy (non-hydrogen) atoms. The van der Waals surface area contributed by atoms with Crippen molar-refractivity contribution in [1.82, 2.24) is 0 Å². The first kappa shape index (κ1) is 26.8. The van der Waals surface area contributed by atoms with Crippen molar-refractivity contribution < 1.29 is 36.7 Å². The number of hydrogen-bond acceptors (Lipinski definition) is 8. The van der Waals surface area contributed by atoms with Gasteiger partial charge in [0.1, 0.15) is 15.7 Å². The Balaban J connectivity index is 1.88. The van der Waals surface area contributed by atoms with Gasteiger partial charge in [-0.2, -0.15) is 0 Å². The molecule has 9 nitrogen and oxygen atoms in total. The fourth-order valence-corrected chi connectivity index (χ4v) is 5.30. The van der Waals surface area contributed by atoms with Crippen LogP contribution in [-0.4, -0.2) is 39.5 Å². The van der Waals surface area contributed by atoms with Crippen LogP contribution in [0.4, 0.5) is 15.1 Å². The minimum absolute atomic E-state index is 0.0337. The number of carbonyl (C=O) groups excluding carboxylic acids is 3. The summed E-state index contributed by atoms with van der Waals surface area (Å²) in [5, 5.41) is 2.70. The van der Waals surface area contributed by atoms with E-state index >= 15 is 0 Å². The third-order valence-electron chi connectivity index (χ3n) is 4.82. The van der Waals surface area contributed by atoms with E-state index in [1.165, 1.54) is 24.3 Å². The first-order valence-corrected chi connectivity index (χ1v) is 13.0. The van der Waals surface area contributed by atoms with Gasteiger partial charge in [-0.3, -0.25) is 9.52 Å². The molecule has 2 aromatic carbocycles. The molecule has 1 heterocycles. The van der Waals surface area contributed by atoms with Crippen LogP contribution in [0.5, 0.6) is 0 Å². The lowest BCUT2D eigenvalue weighted by molar-refractivity contribution is 0.0527. The summed E-state index contributed by atoms with van der Waals surface area (Å²) in [6, 6.07) is 9.93. The molecule has 3 rings (SSSR count). The van der Waals surface area contributed by atoms with Gasteiger partial charge in [0, 0.05) is 11.3 Å². The largest absolute Gasteiger partial charge is 0.462 e. The number of thiophene rings is 1. The van der Waals surface area contributed by atoms with Crippen molar-refractivity contribution >= 4 is 49.9 Å². The van der Waals surface area contributed by atoms with E-state index in [0.717, 1.165) is 35.6 Å². The van der Waals surface area contributed by atoms with Gasteiger partial charge in [-0.05, 0) is 68.8 Å². The number of ether oxygens (including phenoxy) is 2. The van der Waals surface area contributed by atoms with E-state index in [0.29, 0.717) is 5.56 Å². The van der Waals surface area contributed by atoms with Crippen molar-refractivity contribution in [2.75, 3.05) is 23.3 Å². The number of benzene rings is 2. The van der Waals surface area contributed by atoms with Gasteiger partial charge in [0.25, 0.3) is 15.9 Å². The summed E-state index contributed by atoms with van der Waals surface area (Å²) in [6.07, 6.45) is 0. The Morgan fingerprint density at radius 3 is 2.25 bits per heavy atom. The third-order valence-corrected chi connectivity index (χ3v) is 7.40. The van der Waals surface area contributed by atoms with E-state index in [4.69, 9.17) is 9.47 Å². The molecule has 0 spiro atoms. The van der Waals surface area contributed by atoms with Crippen LogP contribution in [0.25, 0.3) is 0 Å². The predicted molar refractivity (Wildman–Crippen MR) is 133 cm³/mol. The van der Waals surface area contributed by atoms with Gasteiger partial charge in [-0.25, -0.2) is 22.4 Å². The Hall–Kier alpha value is -3.77. The van der Waals surface area contributed by atoms with Crippen LogP contribution in [-0.2, 0) is 19.5 Å². The number of nitrogens with one attached hydrogen (secondary N) is 2. The zero-order chi connectivity index (χ0) is 26.5. The minimum atomic E-state index is -4.03. The normalized spacial score (nSPS) is 11.0. The number of hydrogen-bond donors (Lipinski definition) is 2. The highest BCUT2D eigenvalue weighted by Gasteiger charge is 2.27. The average Bonchev–Trinajstić information content (AvgIpc) is 3.15. The zero-order valence-electron chi connectivity index (χ0n) is 19.6. The van der Waals surface area contributed by atoms with Crippen molar-refractivity contribution in [3.8, 4) is 0 Å². The molecule has 1 aromatic heterocycles. The van der Waals surface area contributed by atoms with Gasteiger partial charge in [0.15, 0.2) is 0 Å². The Kier molecular flexibility index (Phi) is 8.43. The van der Waals surface area contributed by atoms with Crippen LogP contribution in [0.15, 0.2) is 53.4 Å². The second kappa shape index (κ2) is 11.3. The molecule has 0 aliphatic rings. The standard InChI is InChI=1S/C24H23FN2O7S2/c1-4-33-23(29)19-14(3)20(24(30)34-5-2)35-22(19)26-21(28)15-7-6-8-17(13-15)27-36(31,32)18-11-9-16(25)10-12-18/h6-13,27H,4-5H2,1-3H3,(H,26,28). The predicted octanol–water partition coefficient (Wildman–Crippen LogP) is 4.60. The Morgan fingerprint density at radius 2 is 1.61 bits per heavy atom. The zero-order valence-corrected chi connectivity index (χ0v) is 21.2. The second-order valence-electron chi connectivity index (χ2n) is 7.30. The summed E-state index contributed by atoms with van der Waals surface area (Å²) in [5.74, 6) is -2.58. The molecule has 0 saturated heterocycles. The molecule has 3 aromatic rings. The highest BCUT2D eigenvalue weighted by atomic mass is 32.2. The van der Waals surface area contributed by atoms with Crippen molar-refractivity contribution in [1.29, 1.82) is 0 Å². The SMILES string of the molecule is CCOC(=O)c1sc(NC(=O)c2cccc(NS(=O)(=O)c3ccc(F)cc3)c2)c(C(=O)OCC)c1C. The number of anilines is 2. The first-order valence-electron chi connectivity index (χ1n) is 10.7. The van der Waals surface area contributed by atoms with Gasteiger partial charge in [-0.15, -0.1) is 11.3 Å². The maximum absolute atomic E-state index is 13.1. The monoisotopic (exact) mass is 534 g/mol. The summed E-state index contributed by atoms with van der Waals surface area (Å²) < 4.78 is 50.8. The Morgan fingerprint density at radius 1 is 0.972 bits per heavy atom. The van der Waals surface area contributed by atoms with Crippen LogP contribution in [0.3, 0.4) is 0 Å². The Labute approximate surface area is 211 Å². The van der Waals surface area contributed by atoms with Gasteiger partial charge in [0.2, 0.25) is 0 Å². The van der Waals surface area contributed by atoms with Crippen molar-refractivity contribution in [3.05, 3.63) is 75.9 Å². The van der Waals surface area contributed by atoms with Crippen molar-refractivity contribution in [2.45, 2.75) is 25.7 Å². The third kappa shape index (κ3) is 6.07. The molecule has 0 atom stereocenters. The van der Waals surface area contributed by atoms with Gasteiger partial charge in [-0.1, -0.05) is 6.07 Å². The topological polar surface area (TPSA) is 128 Å². The highest BCUT2D eigenvalue weighted by molar-refractivity contribution is 7.92. The summed E-state index contributed by atoms with van der Waals surface area (Å²) in [4.78, 5) is 37.9. The molecule has 190 valence electrons. The fourth-order valence-electron chi connectivity index (χ4n) is 3.17. The highest BCUT2D eigenvalue weighted by Crippen LogP contribution is 2.35. The lowest BCUT2D eigenvalue weighted by Gasteiger charge is -2.10. The molecule has 1 amide bonds. The molecule has 2 N–H and O–H groups in total. The molecule has 0 aliphatic heterocycles. The van der Waals surface area contributed by atoms with E-state index in [9.17, 15) is 27.2 Å². The molecule has 0 saturated carbocycles.